The summed E-state index contributed by atoms with van der Waals surface area (Å²) in [5.41, 5.74) is 0. The van der Waals surface area contributed by atoms with Crippen molar-refractivity contribution in [2.45, 2.75) is 232 Å². The summed E-state index contributed by atoms with van der Waals surface area (Å²) in [7, 11) is 0. The van der Waals surface area contributed by atoms with Crippen LogP contribution in [-0.4, -0.2) is 37.9 Å². The molecule has 0 spiro atoms. The average molecular weight is 861 g/mol. The van der Waals surface area contributed by atoms with Crippen LogP contribution < -0.4 is 0 Å². The molecule has 0 radical (unpaired) electrons. The van der Waals surface area contributed by atoms with E-state index in [2.05, 4.69) is 118 Å². The fraction of sp³-hybridized carbons (Fsp3) is 0.684. The van der Waals surface area contributed by atoms with Gasteiger partial charge in [0.05, 0.1) is 6.61 Å². The van der Waals surface area contributed by atoms with Crippen molar-refractivity contribution in [3.05, 3.63) is 97.2 Å². The third-order valence-corrected chi connectivity index (χ3v) is 10.6. The largest absolute Gasteiger partial charge is 0.462 e. The van der Waals surface area contributed by atoms with E-state index in [0.29, 0.717) is 19.4 Å². The fourth-order valence-corrected chi connectivity index (χ4v) is 6.80. The van der Waals surface area contributed by atoms with E-state index in [1.165, 1.54) is 70.6 Å². The van der Waals surface area contributed by atoms with Gasteiger partial charge in [0, 0.05) is 19.4 Å². The zero-order chi connectivity index (χ0) is 44.9. The zero-order valence-corrected chi connectivity index (χ0v) is 40.6. The number of unbranched alkanes of at least 4 members (excludes halogenated alkanes) is 19. The van der Waals surface area contributed by atoms with Gasteiger partial charge in [-0.15, -0.1) is 0 Å². The van der Waals surface area contributed by atoms with Crippen LogP contribution in [0.2, 0.25) is 0 Å². The van der Waals surface area contributed by atoms with Gasteiger partial charge in [0.2, 0.25) is 0 Å². The summed E-state index contributed by atoms with van der Waals surface area (Å²) in [5, 5.41) is 0. The van der Waals surface area contributed by atoms with Crippen LogP contribution >= 0.6 is 0 Å². The second-order valence-electron chi connectivity index (χ2n) is 16.7. The maximum absolute atomic E-state index is 12.8. The van der Waals surface area contributed by atoms with E-state index < -0.39 is 6.10 Å². The lowest BCUT2D eigenvalue weighted by Crippen LogP contribution is -2.30. The van der Waals surface area contributed by atoms with Gasteiger partial charge in [0.15, 0.2) is 6.10 Å². The highest BCUT2D eigenvalue weighted by molar-refractivity contribution is 5.70. The molecule has 0 saturated carbocycles. The predicted molar refractivity (Wildman–Crippen MR) is 270 cm³/mol. The van der Waals surface area contributed by atoms with E-state index in [9.17, 15) is 9.59 Å². The van der Waals surface area contributed by atoms with Crippen LogP contribution in [0.25, 0.3) is 0 Å². The molecule has 62 heavy (non-hydrogen) atoms. The molecule has 0 fully saturated rings. The lowest BCUT2D eigenvalue weighted by atomic mass is 10.1. The maximum Gasteiger partial charge on any atom is 0.306 e. The van der Waals surface area contributed by atoms with Gasteiger partial charge in [0.1, 0.15) is 6.61 Å². The number of esters is 2. The number of allylic oxidation sites excluding steroid dienone is 16. The highest BCUT2D eigenvalue weighted by Gasteiger charge is 2.17. The van der Waals surface area contributed by atoms with Gasteiger partial charge in [-0.25, -0.2) is 0 Å². The van der Waals surface area contributed by atoms with Crippen molar-refractivity contribution >= 4 is 11.9 Å². The molecule has 0 saturated heterocycles. The van der Waals surface area contributed by atoms with Gasteiger partial charge in [-0.2, -0.15) is 0 Å². The average Bonchev–Trinajstić information content (AvgIpc) is 3.27. The normalized spacial score (nSPS) is 13.0. The molecule has 0 heterocycles. The molecule has 0 bridgehead atoms. The third-order valence-electron chi connectivity index (χ3n) is 10.6. The Morgan fingerprint density at radius 3 is 1.18 bits per heavy atom. The summed E-state index contributed by atoms with van der Waals surface area (Å²) >= 11 is 0. The molecular formula is C57H96O5. The summed E-state index contributed by atoms with van der Waals surface area (Å²) < 4.78 is 17.4. The van der Waals surface area contributed by atoms with Crippen molar-refractivity contribution < 1.29 is 23.8 Å². The molecule has 5 nitrogen and oxygen atoms in total. The van der Waals surface area contributed by atoms with Crippen molar-refractivity contribution in [2.24, 2.45) is 0 Å². The predicted octanol–water partition coefficient (Wildman–Crippen LogP) is 17.5. The molecule has 0 aromatic heterocycles. The first-order valence-corrected chi connectivity index (χ1v) is 25.8. The molecule has 0 aromatic rings. The van der Waals surface area contributed by atoms with Gasteiger partial charge in [-0.3, -0.25) is 9.59 Å². The first-order chi connectivity index (χ1) is 30.6. The molecule has 0 amide bonds. The Kier molecular flexibility index (Phi) is 49.5. The van der Waals surface area contributed by atoms with Crippen LogP contribution in [0.15, 0.2) is 97.2 Å². The third kappa shape index (κ3) is 49.5. The van der Waals surface area contributed by atoms with Crippen LogP contribution in [0.3, 0.4) is 0 Å². The molecule has 0 N–H and O–H groups in total. The van der Waals surface area contributed by atoms with Crippen molar-refractivity contribution in [3.63, 3.8) is 0 Å². The van der Waals surface area contributed by atoms with E-state index >= 15 is 0 Å². The highest BCUT2D eigenvalue weighted by atomic mass is 16.6. The minimum atomic E-state index is -0.569. The smallest absolute Gasteiger partial charge is 0.306 e. The monoisotopic (exact) mass is 861 g/mol. The van der Waals surface area contributed by atoms with E-state index in [1.807, 2.05) is 0 Å². The SMILES string of the molecule is CC/C=C\C/C=C\C/C=C\C/C=C\CCCCCOCC(COC(=O)CCCCCCC/C=C\C/C=C\C/C=C\CC)OC(=O)CCCCCCC/C=C\CCCCCCCC. The fourth-order valence-electron chi connectivity index (χ4n) is 6.80. The van der Waals surface area contributed by atoms with Crippen LogP contribution in [0, 0.1) is 0 Å². The molecule has 0 rings (SSSR count). The summed E-state index contributed by atoms with van der Waals surface area (Å²) in [4.78, 5) is 25.4. The molecule has 0 aliphatic carbocycles. The molecule has 5 heteroatoms. The van der Waals surface area contributed by atoms with E-state index in [0.717, 1.165) is 122 Å². The molecule has 0 aromatic carbocycles. The van der Waals surface area contributed by atoms with Crippen LogP contribution in [0.5, 0.6) is 0 Å². The first kappa shape index (κ1) is 58.8. The van der Waals surface area contributed by atoms with Gasteiger partial charge >= 0.3 is 11.9 Å². The highest BCUT2D eigenvalue weighted by Crippen LogP contribution is 2.13. The summed E-state index contributed by atoms with van der Waals surface area (Å²) in [5.74, 6) is -0.448. The van der Waals surface area contributed by atoms with E-state index in [4.69, 9.17) is 14.2 Å². The second kappa shape index (κ2) is 52.2. The maximum atomic E-state index is 12.8. The summed E-state index contributed by atoms with van der Waals surface area (Å²) in [6.45, 7) is 7.50. The Balaban J connectivity index is 4.39. The minimum Gasteiger partial charge on any atom is -0.462 e. The molecule has 1 unspecified atom stereocenters. The van der Waals surface area contributed by atoms with E-state index in [-0.39, 0.29) is 25.2 Å². The minimum absolute atomic E-state index is 0.0553. The first-order valence-electron chi connectivity index (χ1n) is 25.8. The summed E-state index contributed by atoms with van der Waals surface area (Å²) in [6.07, 6.45) is 69.9. The molecule has 0 aliphatic heterocycles. The van der Waals surface area contributed by atoms with Crippen LogP contribution in [0.1, 0.15) is 226 Å². The molecular weight excluding hydrogens is 765 g/mol. The molecule has 0 aliphatic rings. The Morgan fingerprint density at radius 2 is 0.726 bits per heavy atom. The van der Waals surface area contributed by atoms with Crippen LogP contribution in [0.4, 0.5) is 0 Å². The van der Waals surface area contributed by atoms with Gasteiger partial charge in [-0.1, -0.05) is 195 Å². The zero-order valence-electron chi connectivity index (χ0n) is 40.6. The number of ether oxygens (including phenoxy) is 3. The van der Waals surface area contributed by atoms with Crippen molar-refractivity contribution in [2.75, 3.05) is 19.8 Å². The summed E-state index contributed by atoms with van der Waals surface area (Å²) in [6, 6.07) is 0. The number of carbonyl (C=O) groups excluding carboxylic acids is 2. The quantitative estimate of drug-likeness (QED) is 0.0347. The lowest BCUT2D eigenvalue weighted by molar-refractivity contribution is -0.163. The van der Waals surface area contributed by atoms with Crippen molar-refractivity contribution in [1.82, 2.24) is 0 Å². The Morgan fingerprint density at radius 1 is 0.371 bits per heavy atom. The number of rotatable bonds is 46. The molecule has 354 valence electrons. The topological polar surface area (TPSA) is 61.8 Å². The second-order valence-corrected chi connectivity index (χ2v) is 16.7. The Hall–Kier alpha value is -3.18. The van der Waals surface area contributed by atoms with E-state index in [1.54, 1.807) is 0 Å². The Bertz CT molecular complexity index is 1200. The number of hydrogen-bond donors (Lipinski definition) is 0. The Labute approximate surface area is 383 Å². The number of hydrogen-bond acceptors (Lipinski definition) is 5. The van der Waals surface area contributed by atoms with Gasteiger partial charge < -0.3 is 14.2 Å². The van der Waals surface area contributed by atoms with Gasteiger partial charge in [0.25, 0.3) is 0 Å². The standard InChI is InChI=1S/C57H96O5/c1-4-7-10-13-16-19-22-25-28-31-34-37-40-43-46-49-52-60-53-55(62-57(59)51-48-45-42-39-36-33-30-27-24-21-18-15-12-9-6-3)54-61-56(58)50-47-44-41-38-35-32-29-26-23-20-17-14-11-8-5-2/h7-8,10-11,16-17,19-20,25-30,34,37,55H,4-6,9,12-15,18,21-24,31-33,35-36,38-54H2,1-3H3/b10-7-,11-8-,19-16-,20-17-,28-25-,29-26-,30-27-,37-34-. The number of carbonyl (C=O) groups is 2. The van der Waals surface area contributed by atoms with Crippen LogP contribution in [-0.2, 0) is 23.8 Å². The van der Waals surface area contributed by atoms with Crippen molar-refractivity contribution in [1.29, 1.82) is 0 Å². The van der Waals surface area contributed by atoms with Crippen molar-refractivity contribution in [3.8, 4) is 0 Å². The lowest BCUT2D eigenvalue weighted by Gasteiger charge is -2.18. The van der Waals surface area contributed by atoms with Gasteiger partial charge in [-0.05, 0) is 116 Å². The molecule has 1 atom stereocenters.